The summed E-state index contributed by atoms with van der Waals surface area (Å²) in [6, 6.07) is 15.1. The van der Waals surface area contributed by atoms with E-state index in [1.165, 1.54) is 36.5 Å². The van der Waals surface area contributed by atoms with Crippen LogP contribution >= 0.6 is 23.2 Å². The minimum atomic E-state index is -0.759. The van der Waals surface area contributed by atoms with Crippen LogP contribution in [0.25, 0.3) is 21.8 Å². The number of nitriles is 2. The minimum absolute atomic E-state index is 0.107. The van der Waals surface area contributed by atoms with E-state index < -0.39 is 22.2 Å². The van der Waals surface area contributed by atoms with Crippen LogP contribution in [0.15, 0.2) is 60.9 Å². The number of nitrogens with zero attached hydrogens (tertiary/aromatic N) is 7. The molecule has 18 heteroatoms. The fraction of sp³-hybridized carbons (Fsp3) is 0.263. The zero-order valence-corrected chi connectivity index (χ0v) is 30.8. The molecule has 0 aliphatic carbocycles. The summed E-state index contributed by atoms with van der Waals surface area (Å²) in [6.45, 7) is 1.22. The predicted molar refractivity (Wildman–Crippen MR) is 201 cm³/mol. The van der Waals surface area contributed by atoms with Gasteiger partial charge >= 0.3 is 5.69 Å². The maximum Gasteiger partial charge on any atom is 0.329 e. The van der Waals surface area contributed by atoms with Crippen molar-refractivity contribution in [2.24, 2.45) is 0 Å². The number of nitrogens with two attached hydrogens (primary N) is 1. The molecular weight excluding hydrogens is 773 g/mol. The highest BCUT2D eigenvalue weighted by Gasteiger charge is 2.27. The quantitative estimate of drug-likeness (QED) is 0.0918. The van der Waals surface area contributed by atoms with Crippen LogP contribution in [0.5, 0.6) is 23.0 Å². The van der Waals surface area contributed by atoms with Gasteiger partial charge in [-0.25, -0.2) is 18.1 Å². The van der Waals surface area contributed by atoms with Gasteiger partial charge in [0.1, 0.15) is 39.4 Å². The van der Waals surface area contributed by atoms with E-state index in [2.05, 4.69) is 10.2 Å². The lowest BCUT2D eigenvalue weighted by Gasteiger charge is -2.23. The van der Waals surface area contributed by atoms with E-state index in [0.29, 0.717) is 35.0 Å². The first kappa shape index (κ1) is 38.2. The minimum Gasteiger partial charge on any atom is -0.453 e. The topological polar surface area (TPSA) is 189 Å². The Morgan fingerprint density at radius 3 is 1.75 bits per heavy atom. The molecule has 2 saturated heterocycles. The molecular formula is C38H30Cl2F2N8O6. The van der Waals surface area contributed by atoms with Crippen molar-refractivity contribution in [3.63, 3.8) is 0 Å². The van der Waals surface area contributed by atoms with Crippen LogP contribution in [0.3, 0.4) is 0 Å². The second-order valence-electron chi connectivity index (χ2n) is 12.7. The molecule has 0 amide bonds. The SMILES string of the molecule is N#Cc1cccc(Oc2c(Cl)c(F)cc3c2cnn3C2CCCCO2)c1N.N#Cc1cccc(Oc2c(Cl)c(F)cc3c2cnn3C2CCCCO2)c1[N+](=O)[O-]. The monoisotopic (exact) mass is 802 g/mol. The van der Waals surface area contributed by atoms with E-state index in [0.717, 1.165) is 38.5 Å². The molecule has 0 bridgehead atoms. The summed E-state index contributed by atoms with van der Waals surface area (Å²) < 4.78 is 55.3. The van der Waals surface area contributed by atoms with Crippen LogP contribution in [0.1, 0.15) is 62.1 Å². The normalized spacial score (nSPS) is 16.8. The maximum atomic E-state index is 14.6. The summed E-state index contributed by atoms with van der Waals surface area (Å²) in [4.78, 5) is 10.7. The maximum absolute atomic E-state index is 14.6. The Kier molecular flexibility index (Phi) is 11.2. The average Bonchev–Trinajstić information content (AvgIpc) is 3.84. The predicted octanol–water partition coefficient (Wildman–Crippen LogP) is 9.87. The molecule has 2 aliphatic rings. The zero-order valence-electron chi connectivity index (χ0n) is 29.3. The molecule has 2 unspecified atom stereocenters. The van der Waals surface area contributed by atoms with E-state index in [-0.39, 0.29) is 62.3 Å². The number of aromatic nitrogens is 4. The van der Waals surface area contributed by atoms with Gasteiger partial charge in [-0.05, 0) is 62.8 Å². The van der Waals surface area contributed by atoms with Crippen molar-refractivity contribution in [1.29, 1.82) is 10.5 Å². The molecule has 0 radical (unpaired) electrons. The van der Waals surface area contributed by atoms with Crippen molar-refractivity contribution < 1.29 is 32.7 Å². The van der Waals surface area contributed by atoms with E-state index in [9.17, 15) is 18.9 Å². The molecule has 0 spiro atoms. The highest BCUT2D eigenvalue weighted by molar-refractivity contribution is 6.34. The van der Waals surface area contributed by atoms with Gasteiger partial charge in [-0.15, -0.1) is 0 Å². The fourth-order valence-electron chi connectivity index (χ4n) is 6.53. The number of ether oxygens (including phenoxy) is 4. The van der Waals surface area contributed by atoms with E-state index in [4.69, 9.17) is 58.4 Å². The third-order valence-corrected chi connectivity index (χ3v) is 9.98. The largest absolute Gasteiger partial charge is 0.453 e. The molecule has 8 rings (SSSR count). The molecule has 2 atom stereocenters. The van der Waals surface area contributed by atoms with Crippen LogP contribution in [0.4, 0.5) is 20.2 Å². The van der Waals surface area contributed by atoms with Crippen LogP contribution in [0.2, 0.25) is 10.0 Å². The van der Waals surface area contributed by atoms with Gasteiger partial charge in [-0.2, -0.15) is 20.7 Å². The van der Waals surface area contributed by atoms with Gasteiger partial charge in [0.2, 0.25) is 5.75 Å². The highest BCUT2D eigenvalue weighted by atomic mass is 35.5. The number of benzene rings is 4. The number of halogens is 4. The van der Waals surface area contributed by atoms with Crippen LogP contribution < -0.4 is 15.2 Å². The second kappa shape index (κ2) is 16.4. The van der Waals surface area contributed by atoms with E-state index in [1.54, 1.807) is 39.8 Å². The van der Waals surface area contributed by atoms with Crippen LogP contribution in [-0.2, 0) is 9.47 Å². The number of hydrogen-bond acceptors (Lipinski definition) is 11. The number of nitrogen functional groups attached to an aromatic ring is 1. The summed E-state index contributed by atoms with van der Waals surface area (Å²) in [7, 11) is 0. The molecule has 2 N–H and O–H groups in total. The molecule has 2 fully saturated rings. The van der Waals surface area contributed by atoms with Gasteiger partial charge in [-0.1, -0.05) is 35.3 Å². The molecule has 14 nitrogen and oxygen atoms in total. The summed E-state index contributed by atoms with van der Waals surface area (Å²) in [5.41, 5.74) is 6.62. The van der Waals surface area contributed by atoms with Gasteiger partial charge in [0.05, 0.1) is 50.4 Å². The van der Waals surface area contributed by atoms with E-state index in [1.807, 2.05) is 6.07 Å². The second-order valence-corrected chi connectivity index (χ2v) is 13.5. The van der Waals surface area contributed by atoms with Crippen LogP contribution in [-0.4, -0.2) is 37.7 Å². The molecule has 2 aromatic heterocycles. The van der Waals surface area contributed by atoms with Crippen molar-refractivity contribution >= 4 is 56.4 Å². The Balaban J connectivity index is 0.000000172. The Labute approximate surface area is 327 Å². The van der Waals surface area contributed by atoms with E-state index >= 15 is 0 Å². The van der Waals surface area contributed by atoms with Gasteiger partial charge in [0.25, 0.3) is 0 Å². The van der Waals surface area contributed by atoms with Gasteiger partial charge in [0.15, 0.2) is 29.7 Å². The lowest BCUT2D eigenvalue weighted by molar-refractivity contribution is -0.385. The lowest BCUT2D eigenvalue weighted by atomic mass is 10.1. The van der Waals surface area contributed by atoms with Gasteiger partial charge < -0.3 is 24.7 Å². The molecule has 2 aliphatic heterocycles. The molecule has 0 saturated carbocycles. The van der Waals surface area contributed by atoms with Crippen molar-refractivity contribution in [3.8, 4) is 35.1 Å². The molecule has 4 heterocycles. The van der Waals surface area contributed by atoms with Crippen molar-refractivity contribution in [2.45, 2.75) is 51.0 Å². The summed E-state index contributed by atoms with van der Waals surface area (Å²) >= 11 is 12.3. The highest BCUT2D eigenvalue weighted by Crippen LogP contribution is 2.44. The lowest BCUT2D eigenvalue weighted by Crippen LogP contribution is -2.19. The Morgan fingerprint density at radius 2 is 1.29 bits per heavy atom. The zero-order chi connectivity index (χ0) is 39.5. The van der Waals surface area contributed by atoms with Crippen molar-refractivity contribution in [3.05, 3.63) is 104 Å². The Bertz CT molecular complexity index is 2560. The first-order valence-corrected chi connectivity index (χ1v) is 18.1. The first-order valence-electron chi connectivity index (χ1n) is 17.4. The number of rotatable bonds is 7. The number of anilines is 1. The standard InChI is InChI=1S/C19H14ClFN4O4.C19H16ClFN4O2/c20-17-13(21)8-14-12(10-23-24(14)16-6-1-2-7-28-16)19(17)29-15-5-3-4-11(9-22)18(15)25(26)27;20-17-13(21)8-14-12(10-24-25(14)16-6-1-2-7-26-16)19(17)27-15-5-3-4-11(9-22)18(15)23/h3-5,8,10,16H,1-2,6-7H2;3-5,8,10,16H,1-2,6-7,23H2. The third kappa shape index (κ3) is 7.35. The number of nitro benzene ring substituents is 1. The van der Waals surface area contributed by atoms with Crippen LogP contribution in [0, 0.1) is 44.4 Å². The summed E-state index contributed by atoms with van der Waals surface area (Å²) in [6.07, 6.45) is 7.87. The Morgan fingerprint density at radius 1 is 0.804 bits per heavy atom. The molecule has 6 aromatic rings. The third-order valence-electron chi connectivity index (χ3n) is 9.27. The number of fused-ring (bicyclic) bond motifs is 2. The average molecular weight is 804 g/mol. The number of para-hydroxylation sites is 2. The smallest absolute Gasteiger partial charge is 0.329 e. The van der Waals surface area contributed by atoms with Crippen molar-refractivity contribution in [2.75, 3.05) is 18.9 Å². The molecule has 286 valence electrons. The number of nitro groups is 1. The summed E-state index contributed by atoms with van der Waals surface area (Å²) in [5.74, 6) is -1.39. The number of hydrogen-bond donors (Lipinski definition) is 1. The Hall–Kier alpha value is -6.04. The van der Waals surface area contributed by atoms with Crippen molar-refractivity contribution in [1.82, 2.24) is 19.6 Å². The van der Waals surface area contributed by atoms with Gasteiger partial charge in [-0.3, -0.25) is 10.1 Å². The van der Waals surface area contributed by atoms with Gasteiger partial charge in [0, 0.05) is 25.3 Å². The molecule has 56 heavy (non-hydrogen) atoms. The summed E-state index contributed by atoms with van der Waals surface area (Å²) in [5, 5.41) is 38.8. The molecule has 4 aromatic carbocycles. The first-order chi connectivity index (χ1) is 27.1. The fourth-order valence-corrected chi connectivity index (χ4v) is 6.92.